The van der Waals surface area contributed by atoms with Crippen molar-refractivity contribution in [3.05, 3.63) is 23.4 Å². The van der Waals surface area contributed by atoms with Crippen LogP contribution >= 0.6 is 11.8 Å². The zero-order chi connectivity index (χ0) is 16.9. The van der Waals surface area contributed by atoms with Crippen LogP contribution in [0.1, 0.15) is 54.6 Å². The van der Waals surface area contributed by atoms with Gasteiger partial charge in [-0.3, -0.25) is 4.79 Å². The molecule has 128 valence electrons. The fraction of sp³-hybridized carbons (Fsp3) is 0.632. The number of carboxylic acid groups (broad SMARTS) is 1. The first-order valence-electron chi connectivity index (χ1n) is 8.82. The molecule has 4 aliphatic carbocycles. The number of Topliss-reactive ketones (excluding diaryl/α,β-unsaturated/α-hetero) is 1. The van der Waals surface area contributed by atoms with Crippen molar-refractivity contribution < 1.29 is 14.7 Å². The van der Waals surface area contributed by atoms with Crippen LogP contribution in [0, 0.1) is 30.1 Å². The van der Waals surface area contributed by atoms with Crippen molar-refractivity contribution in [2.24, 2.45) is 23.2 Å². The van der Waals surface area contributed by atoms with Crippen LogP contribution in [0.3, 0.4) is 0 Å². The number of hydrogen-bond donors (Lipinski definition) is 1. The summed E-state index contributed by atoms with van der Waals surface area (Å²) in [6.45, 7) is 1.84. The summed E-state index contributed by atoms with van der Waals surface area (Å²) in [5.41, 5.74) is 0.864. The normalized spacial score (nSPS) is 33.6. The largest absolute Gasteiger partial charge is 0.478 e. The lowest BCUT2D eigenvalue weighted by atomic mass is 9.48. The van der Waals surface area contributed by atoms with Crippen molar-refractivity contribution in [1.82, 2.24) is 4.98 Å². The second kappa shape index (κ2) is 5.87. The Kier molecular flexibility index (Phi) is 3.94. The van der Waals surface area contributed by atoms with Gasteiger partial charge in [-0.2, -0.15) is 0 Å². The maximum Gasteiger partial charge on any atom is 0.338 e. The van der Waals surface area contributed by atoms with Crippen LogP contribution in [-0.2, 0) is 4.79 Å². The fourth-order valence-electron chi connectivity index (χ4n) is 5.54. The maximum atomic E-state index is 13.0. The quantitative estimate of drug-likeness (QED) is 0.818. The molecule has 4 fully saturated rings. The van der Waals surface area contributed by atoms with Crippen molar-refractivity contribution in [2.75, 3.05) is 5.75 Å². The molecule has 5 rings (SSSR count). The highest BCUT2D eigenvalue weighted by Crippen LogP contribution is 2.60. The van der Waals surface area contributed by atoms with Crippen LogP contribution < -0.4 is 0 Å². The van der Waals surface area contributed by atoms with E-state index in [1.165, 1.54) is 31.0 Å². The maximum absolute atomic E-state index is 13.0. The van der Waals surface area contributed by atoms with Crippen molar-refractivity contribution in [3.63, 3.8) is 0 Å². The third kappa shape index (κ3) is 2.77. The molecule has 1 heterocycles. The Hall–Kier alpha value is -1.36. The van der Waals surface area contributed by atoms with Gasteiger partial charge in [-0.05, 0) is 75.3 Å². The molecule has 4 bridgehead atoms. The molecule has 0 saturated heterocycles. The first-order chi connectivity index (χ1) is 11.4. The summed E-state index contributed by atoms with van der Waals surface area (Å²) in [6.07, 6.45) is 7.15. The lowest BCUT2D eigenvalue weighted by Crippen LogP contribution is -2.50. The Morgan fingerprint density at radius 2 is 1.75 bits per heavy atom. The third-order valence-corrected chi connectivity index (χ3v) is 7.19. The number of nitrogens with zero attached hydrogens (tertiary/aromatic N) is 1. The summed E-state index contributed by atoms with van der Waals surface area (Å²) in [4.78, 5) is 28.7. The molecule has 4 saturated carbocycles. The van der Waals surface area contributed by atoms with Gasteiger partial charge in [0.25, 0.3) is 0 Å². The Labute approximate surface area is 146 Å². The molecule has 1 aromatic heterocycles. The Morgan fingerprint density at radius 1 is 1.17 bits per heavy atom. The van der Waals surface area contributed by atoms with E-state index in [0.717, 1.165) is 42.7 Å². The Morgan fingerprint density at radius 3 is 2.29 bits per heavy atom. The number of aryl methyl sites for hydroxylation is 1. The van der Waals surface area contributed by atoms with E-state index in [1.54, 1.807) is 12.1 Å². The Bertz CT molecular complexity index is 665. The highest BCUT2D eigenvalue weighted by molar-refractivity contribution is 8.00. The lowest BCUT2D eigenvalue weighted by Gasteiger charge is -2.56. The van der Waals surface area contributed by atoms with Crippen LogP contribution in [-0.4, -0.2) is 27.6 Å². The number of ketones is 1. The third-order valence-electron chi connectivity index (χ3n) is 6.20. The number of carbonyl (C=O) groups excluding carboxylic acids is 1. The first-order valence-corrected chi connectivity index (χ1v) is 9.81. The molecule has 5 heteroatoms. The van der Waals surface area contributed by atoms with Crippen LogP contribution in [0.4, 0.5) is 0 Å². The smallest absolute Gasteiger partial charge is 0.338 e. The van der Waals surface area contributed by atoms with Gasteiger partial charge in [-0.15, -0.1) is 0 Å². The fourth-order valence-corrected chi connectivity index (χ4v) is 6.64. The Balaban J connectivity index is 1.50. The predicted octanol–water partition coefficient (Wildman–Crippen LogP) is 3.97. The molecule has 1 N–H and O–H groups in total. The summed E-state index contributed by atoms with van der Waals surface area (Å²) in [5, 5.41) is 9.79. The zero-order valence-corrected chi connectivity index (χ0v) is 14.8. The number of hydrogen-bond acceptors (Lipinski definition) is 4. The van der Waals surface area contributed by atoms with Gasteiger partial charge in [-0.1, -0.05) is 11.8 Å². The molecule has 0 unspecified atom stereocenters. The van der Waals surface area contributed by atoms with E-state index in [0.29, 0.717) is 16.6 Å². The van der Waals surface area contributed by atoms with Gasteiger partial charge in [-0.25, -0.2) is 9.78 Å². The molecule has 4 aliphatic rings. The SMILES string of the molecule is Cc1ccc(C(=O)O)c(SCC(=O)C23CC4CC(CC(C4)C2)C3)n1. The summed E-state index contributed by atoms with van der Waals surface area (Å²) in [5.74, 6) is 1.94. The number of carboxylic acids is 1. The minimum Gasteiger partial charge on any atom is -0.478 e. The van der Waals surface area contributed by atoms with Crippen LogP contribution in [0.25, 0.3) is 0 Å². The first kappa shape index (κ1) is 16.1. The monoisotopic (exact) mass is 345 g/mol. The molecule has 0 amide bonds. The van der Waals surface area contributed by atoms with Crippen molar-refractivity contribution in [3.8, 4) is 0 Å². The van der Waals surface area contributed by atoms with Gasteiger partial charge in [0, 0.05) is 11.1 Å². The van der Waals surface area contributed by atoms with Crippen LogP contribution in [0.5, 0.6) is 0 Å². The standard InChI is InChI=1S/C19H23NO3S/c1-11-2-3-15(18(22)23)17(20-11)24-10-16(21)19-7-12-4-13(8-19)6-14(5-12)9-19/h2-3,12-14H,4-10H2,1H3,(H,22,23). The molecule has 1 aromatic rings. The number of carbonyl (C=O) groups is 2. The van der Waals surface area contributed by atoms with E-state index >= 15 is 0 Å². The van der Waals surface area contributed by atoms with E-state index in [1.807, 2.05) is 6.92 Å². The van der Waals surface area contributed by atoms with Gasteiger partial charge in [0.15, 0.2) is 0 Å². The number of pyridine rings is 1. The second-order valence-electron chi connectivity index (χ2n) is 8.02. The van der Waals surface area contributed by atoms with Gasteiger partial charge < -0.3 is 5.11 Å². The van der Waals surface area contributed by atoms with Crippen molar-refractivity contribution in [1.29, 1.82) is 0 Å². The molecular formula is C19H23NO3S. The summed E-state index contributed by atoms with van der Waals surface area (Å²) >= 11 is 1.31. The van der Waals surface area contributed by atoms with E-state index in [2.05, 4.69) is 4.98 Å². The minimum absolute atomic E-state index is 0.116. The minimum atomic E-state index is -0.979. The van der Waals surface area contributed by atoms with Crippen LogP contribution in [0.15, 0.2) is 17.2 Å². The summed E-state index contributed by atoms with van der Waals surface area (Å²) in [6, 6.07) is 3.29. The summed E-state index contributed by atoms with van der Waals surface area (Å²) < 4.78 is 0. The van der Waals surface area contributed by atoms with Gasteiger partial charge in [0.05, 0.1) is 11.3 Å². The molecule has 4 nitrogen and oxygen atoms in total. The van der Waals surface area contributed by atoms with Crippen molar-refractivity contribution >= 4 is 23.5 Å². The van der Waals surface area contributed by atoms with E-state index in [-0.39, 0.29) is 11.0 Å². The lowest BCUT2D eigenvalue weighted by molar-refractivity contribution is -0.141. The number of aromatic carboxylic acids is 1. The average Bonchev–Trinajstić information content (AvgIpc) is 2.51. The molecule has 0 atom stereocenters. The topological polar surface area (TPSA) is 67.3 Å². The number of rotatable bonds is 5. The molecule has 0 spiro atoms. The molecule has 0 aromatic carbocycles. The van der Waals surface area contributed by atoms with Gasteiger partial charge >= 0.3 is 5.97 Å². The van der Waals surface area contributed by atoms with Crippen molar-refractivity contribution in [2.45, 2.75) is 50.5 Å². The molecule has 0 radical (unpaired) electrons. The molecule has 24 heavy (non-hydrogen) atoms. The van der Waals surface area contributed by atoms with Crippen LogP contribution in [0.2, 0.25) is 0 Å². The van der Waals surface area contributed by atoms with Gasteiger partial charge in [0.1, 0.15) is 10.8 Å². The van der Waals surface area contributed by atoms with Gasteiger partial charge in [0.2, 0.25) is 0 Å². The summed E-state index contributed by atoms with van der Waals surface area (Å²) in [7, 11) is 0. The van der Waals surface area contributed by atoms with E-state index in [9.17, 15) is 14.7 Å². The highest BCUT2D eigenvalue weighted by atomic mass is 32.2. The molecule has 0 aliphatic heterocycles. The van der Waals surface area contributed by atoms with E-state index in [4.69, 9.17) is 0 Å². The second-order valence-corrected chi connectivity index (χ2v) is 8.98. The predicted molar refractivity (Wildman–Crippen MR) is 92.3 cm³/mol. The molecular weight excluding hydrogens is 322 g/mol. The highest BCUT2D eigenvalue weighted by Gasteiger charge is 2.54. The number of thioether (sulfide) groups is 1. The van der Waals surface area contributed by atoms with E-state index < -0.39 is 5.97 Å². The zero-order valence-electron chi connectivity index (χ0n) is 14.0. The number of aromatic nitrogens is 1. The average molecular weight is 345 g/mol.